The van der Waals surface area contributed by atoms with Gasteiger partial charge in [0.1, 0.15) is 11.4 Å². The monoisotopic (exact) mass is 405 g/mol. The van der Waals surface area contributed by atoms with Gasteiger partial charge in [0.2, 0.25) is 0 Å². The van der Waals surface area contributed by atoms with Crippen molar-refractivity contribution in [3.63, 3.8) is 0 Å². The Morgan fingerprint density at radius 3 is 2.31 bits per heavy atom. The normalized spacial score (nSPS) is 10.7. The van der Waals surface area contributed by atoms with Crippen molar-refractivity contribution in [2.75, 3.05) is 5.32 Å². The van der Waals surface area contributed by atoms with Gasteiger partial charge in [-0.05, 0) is 30.3 Å². The molecule has 1 heterocycles. The summed E-state index contributed by atoms with van der Waals surface area (Å²) >= 11 is 6.04. The second-order valence-electron chi connectivity index (χ2n) is 6.29. The lowest BCUT2D eigenvalue weighted by Crippen LogP contribution is -2.17. The fourth-order valence-corrected chi connectivity index (χ4v) is 3.16. The Balaban J connectivity index is 1.88. The third kappa shape index (κ3) is 3.66. The number of amides is 1. The molecule has 3 aromatic carbocycles. The maximum absolute atomic E-state index is 13.0. The molecule has 0 spiro atoms. The molecule has 0 radical (unpaired) electrons. The van der Waals surface area contributed by atoms with Crippen LogP contribution in [0.3, 0.4) is 0 Å². The predicted molar refractivity (Wildman–Crippen MR) is 111 cm³/mol. The lowest BCUT2D eigenvalue weighted by Gasteiger charge is -2.08. The minimum absolute atomic E-state index is 0.00191. The Bertz CT molecular complexity index is 1170. The number of rotatable bonds is 4. The topological polar surface area (TPSA) is 87.4 Å². The van der Waals surface area contributed by atoms with E-state index in [1.54, 1.807) is 48.5 Å². The number of aromatic hydroxyl groups is 1. The fraction of sp³-hybridized carbons (Fsp3) is 0. The van der Waals surface area contributed by atoms with Gasteiger partial charge in [-0.1, -0.05) is 60.1 Å². The van der Waals surface area contributed by atoms with Crippen LogP contribution in [0.2, 0.25) is 5.02 Å². The van der Waals surface area contributed by atoms with Crippen molar-refractivity contribution in [1.29, 1.82) is 0 Å². The number of anilines is 1. The Morgan fingerprint density at radius 1 is 0.966 bits per heavy atom. The molecule has 0 unspecified atom stereocenters. The van der Waals surface area contributed by atoms with E-state index in [1.165, 1.54) is 18.2 Å². The van der Waals surface area contributed by atoms with Gasteiger partial charge in [0.25, 0.3) is 5.91 Å². The SMILES string of the molecule is O=C(Nc1ccccc1)c1c(-c2ccccc2)nc(-c2cc(Cl)ccc2O)n1O. The highest BCUT2D eigenvalue weighted by Crippen LogP contribution is 2.34. The molecule has 7 heteroatoms. The van der Waals surface area contributed by atoms with Crippen molar-refractivity contribution in [2.24, 2.45) is 0 Å². The van der Waals surface area contributed by atoms with Crippen LogP contribution in [0.4, 0.5) is 5.69 Å². The highest BCUT2D eigenvalue weighted by Gasteiger charge is 2.26. The molecule has 4 aromatic rings. The number of hydrogen-bond donors (Lipinski definition) is 3. The van der Waals surface area contributed by atoms with E-state index in [4.69, 9.17) is 11.6 Å². The second-order valence-corrected chi connectivity index (χ2v) is 6.73. The van der Waals surface area contributed by atoms with E-state index < -0.39 is 5.91 Å². The number of halogens is 1. The number of phenolic OH excluding ortho intramolecular Hbond substituents is 1. The summed E-state index contributed by atoms with van der Waals surface area (Å²) in [6, 6.07) is 22.3. The van der Waals surface area contributed by atoms with Crippen LogP contribution in [0.5, 0.6) is 5.75 Å². The number of phenols is 1. The van der Waals surface area contributed by atoms with Gasteiger partial charge in [0.05, 0.1) is 5.56 Å². The predicted octanol–water partition coefficient (Wildman–Crippen LogP) is 5.07. The van der Waals surface area contributed by atoms with E-state index in [0.29, 0.717) is 21.0 Å². The standard InChI is InChI=1S/C22H16ClN3O3/c23-15-11-12-18(27)17(13-15)21-25-19(14-7-3-1-4-8-14)20(26(21)29)22(28)24-16-9-5-2-6-10-16/h1-13,27,29H,(H,24,28). The maximum atomic E-state index is 13.0. The molecule has 4 rings (SSSR count). The van der Waals surface area contributed by atoms with E-state index in [2.05, 4.69) is 10.3 Å². The number of imidazole rings is 1. The zero-order valence-corrected chi connectivity index (χ0v) is 15.8. The molecule has 6 nitrogen and oxygen atoms in total. The summed E-state index contributed by atoms with van der Waals surface area (Å²) in [5.74, 6) is -0.663. The molecule has 1 amide bonds. The summed E-state index contributed by atoms with van der Waals surface area (Å²) in [5, 5.41) is 24.2. The summed E-state index contributed by atoms with van der Waals surface area (Å²) < 4.78 is 0.673. The Morgan fingerprint density at radius 2 is 1.62 bits per heavy atom. The molecular formula is C22H16ClN3O3. The van der Waals surface area contributed by atoms with Crippen molar-refractivity contribution < 1.29 is 15.1 Å². The van der Waals surface area contributed by atoms with Gasteiger partial charge in [-0.3, -0.25) is 4.79 Å². The maximum Gasteiger partial charge on any atom is 0.278 e. The molecule has 0 atom stereocenters. The Labute approximate surface area is 171 Å². The second kappa shape index (κ2) is 7.69. The van der Waals surface area contributed by atoms with Gasteiger partial charge in [-0.15, -0.1) is 0 Å². The number of carbonyl (C=O) groups excluding carboxylic acids is 1. The average molecular weight is 406 g/mol. The molecule has 144 valence electrons. The van der Waals surface area contributed by atoms with Crippen molar-refractivity contribution in [3.8, 4) is 28.4 Å². The highest BCUT2D eigenvalue weighted by molar-refractivity contribution is 6.31. The van der Waals surface area contributed by atoms with Crippen LogP contribution in [0, 0.1) is 0 Å². The number of nitrogens with zero attached hydrogens (tertiary/aromatic N) is 2. The average Bonchev–Trinajstić information content (AvgIpc) is 3.08. The Hall–Kier alpha value is -3.77. The van der Waals surface area contributed by atoms with Gasteiger partial charge in [0, 0.05) is 16.3 Å². The number of nitrogens with one attached hydrogen (secondary N) is 1. The minimum atomic E-state index is -0.544. The number of aromatic nitrogens is 2. The van der Waals surface area contributed by atoms with Crippen molar-refractivity contribution in [2.45, 2.75) is 0 Å². The molecule has 29 heavy (non-hydrogen) atoms. The lowest BCUT2D eigenvalue weighted by molar-refractivity contribution is 0.0976. The molecular weight excluding hydrogens is 390 g/mol. The summed E-state index contributed by atoms with van der Waals surface area (Å²) in [4.78, 5) is 17.5. The summed E-state index contributed by atoms with van der Waals surface area (Å²) in [7, 11) is 0. The molecule has 0 aliphatic carbocycles. The molecule has 0 saturated heterocycles. The van der Waals surface area contributed by atoms with E-state index in [-0.39, 0.29) is 28.5 Å². The van der Waals surface area contributed by atoms with Crippen LogP contribution in [0.15, 0.2) is 78.9 Å². The fourth-order valence-electron chi connectivity index (χ4n) is 2.99. The van der Waals surface area contributed by atoms with Gasteiger partial charge in [0.15, 0.2) is 11.5 Å². The van der Waals surface area contributed by atoms with E-state index in [9.17, 15) is 15.1 Å². The number of carbonyl (C=O) groups is 1. The van der Waals surface area contributed by atoms with Gasteiger partial charge >= 0.3 is 0 Å². The zero-order valence-electron chi connectivity index (χ0n) is 15.1. The molecule has 0 aliphatic heterocycles. The van der Waals surface area contributed by atoms with Gasteiger partial charge < -0.3 is 15.6 Å². The van der Waals surface area contributed by atoms with Crippen LogP contribution in [-0.4, -0.2) is 25.9 Å². The summed E-state index contributed by atoms with van der Waals surface area (Å²) in [6.07, 6.45) is 0. The smallest absolute Gasteiger partial charge is 0.278 e. The molecule has 0 saturated carbocycles. The van der Waals surface area contributed by atoms with Crippen LogP contribution in [0.25, 0.3) is 22.6 Å². The van der Waals surface area contributed by atoms with Crippen LogP contribution < -0.4 is 5.32 Å². The third-order valence-electron chi connectivity index (χ3n) is 4.35. The number of para-hydroxylation sites is 1. The molecule has 0 bridgehead atoms. The molecule has 3 N–H and O–H groups in total. The van der Waals surface area contributed by atoms with Crippen LogP contribution >= 0.6 is 11.6 Å². The molecule has 0 aliphatic rings. The van der Waals surface area contributed by atoms with E-state index in [1.807, 2.05) is 12.1 Å². The molecule has 0 fully saturated rings. The number of hydrogen-bond acceptors (Lipinski definition) is 4. The van der Waals surface area contributed by atoms with E-state index in [0.717, 1.165) is 0 Å². The Kier molecular flexibility index (Phi) is 4.93. The minimum Gasteiger partial charge on any atom is -0.507 e. The largest absolute Gasteiger partial charge is 0.507 e. The summed E-state index contributed by atoms with van der Waals surface area (Å²) in [5.41, 5.74) is 1.63. The number of benzene rings is 3. The quantitative estimate of drug-likeness (QED) is 0.414. The van der Waals surface area contributed by atoms with Crippen molar-refractivity contribution in [3.05, 3.63) is 89.6 Å². The summed E-state index contributed by atoms with van der Waals surface area (Å²) in [6.45, 7) is 0. The zero-order chi connectivity index (χ0) is 20.4. The van der Waals surface area contributed by atoms with Gasteiger partial charge in [-0.25, -0.2) is 4.98 Å². The highest BCUT2D eigenvalue weighted by atomic mass is 35.5. The lowest BCUT2D eigenvalue weighted by atomic mass is 10.1. The van der Waals surface area contributed by atoms with E-state index >= 15 is 0 Å². The first-order valence-corrected chi connectivity index (χ1v) is 9.15. The van der Waals surface area contributed by atoms with Gasteiger partial charge in [-0.2, -0.15) is 4.73 Å². The first-order valence-electron chi connectivity index (χ1n) is 8.77. The first kappa shape index (κ1) is 18.6. The van der Waals surface area contributed by atoms with Crippen LogP contribution in [-0.2, 0) is 0 Å². The molecule has 1 aromatic heterocycles. The first-order chi connectivity index (χ1) is 14.0. The van der Waals surface area contributed by atoms with Crippen molar-refractivity contribution >= 4 is 23.2 Å². The van der Waals surface area contributed by atoms with Crippen LogP contribution in [0.1, 0.15) is 10.5 Å². The van der Waals surface area contributed by atoms with Crippen molar-refractivity contribution in [1.82, 2.24) is 9.71 Å². The third-order valence-corrected chi connectivity index (χ3v) is 4.58.